The number of nitrogens with two attached hydrogens (primary N) is 7. The minimum atomic E-state index is -3.88. The third-order valence-corrected chi connectivity index (χ3v) is 40.5. The van der Waals surface area contributed by atoms with Crippen molar-refractivity contribution in [1.82, 2.24) is 74.5 Å². The van der Waals surface area contributed by atoms with E-state index < -0.39 is 202 Å². The van der Waals surface area contributed by atoms with Gasteiger partial charge in [0, 0.05) is 230 Å². The summed E-state index contributed by atoms with van der Waals surface area (Å²) >= 11 is 0. The molecular formula is C82H156B5N23O34S5. The molecule has 3 aliphatic carbocycles. The molecule has 0 amide bonds. The van der Waals surface area contributed by atoms with E-state index in [0.29, 0.717) is 129 Å². The van der Waals surface area contributed by atoms with Crippen LogP contribution in [0.2, 0.25) is 31.6 Å². The lowest BCUT2D eigenvalue weighted by Gasteiger charge is -2.38. The van der Waals surface area contributed by atoms with Crippen LogP contribution in [0.15, 0.2) is 0 Å². The van der Waals surface area contributed by atoms with Gasteiger partial charge < -0.3 is 135 Å². The summed E-state index contributed by atoms with van der Waals surface area (Å²) in [6, 6.07) is -0.433. The van der Waals surface area contributed by atoms with E-state index in [1.54, 1.807) is 34.7 Å². The molecule has 3 saturated carbocycles. The predicted octanol–water partition coefficient (Wildman–Crippen LogP) is -10.7. The first-order valence-electron chi connectivity index (χ1n) is 51.2. The van der Waals surface area contributed by atoms with E-state index in [1.165, 1.54) is 35.0 Å². The SMILES string of the molecule is CCN(C1CNC1)S(=O)(=O)N1C[C@H](CCCB2OC(=O)CN(C)CC(=O)O2)[C@](N)(C(=O)O)C1.CCN(C1CNC1)S(=O)(=O)N1C[C@H](CCCB2OC(=O)CNCC(=O)O2)[C@](N)(C(=O)O)C1.CCN(C1CNC1)S(=O)(=O)N1C[C@H](CCCB2OCCNCCO2)[C@](N)(C(=O)O)C1.CCN(CC1(N)CC1)S(=O)(=O)N1C[C@H](CCCB(O)O)[C@](N)(C(=O)O)C1.NC1(CN(CC2CC2)S(=O)(=O)N2C[C@H](CCCB(O)O)[C@](N)(C(=O)O)C2)CC1. The summed E-state index contributed by atoms with van der Waals surface area (Å²) in [5, 5.41) is 99.3. The molecule has 11 heterocycles. The van der Waals surface area contributed by atoms with Crippen molar-refractivity contribution in [3.63, 3.8) is 0 Å². The first kappa shape index (κ1) is 125. The molecule has 0 spiro atoms. The summed E-state index contributed by atoms with van der Waals surface area (Å²) in [4.78, 5) is 108. The molecule has 0 radical (unpaired) electrons. The van der Waals surface area contributed by atoms with Crippen molar-refractivity contribution in [3.05, 3.63) is 0 Å². The van der Waals surface area contributed by atoms with Gasteiger partial charge in [0.05, 0.1) is 44.3 Å². The minimum Gasteiger partial charge on any atom is -0.498 e. The average Bonchev–Trinajstić information content (AvgIpc) is 1.51. The third kappa shape index (κ3) is 32.3. The second-order valence-electron chi connectivity index (χ2n) is 41.8. The van der Waals surface area contributed by atoms with Crippen LogP contribution in [-0.4, -0.2) is 492 Å². The summed E-state index contributed by atoms with van der Waals surface area (Å²) < 4.78 is 176. The quantitative estimate of drug-likeness (QED) is 0.0252. The van der Waals surface area contributed by atoms with Crippen molar-refractivity contribution >= 4 is 140 Å². The van der Waals surface area contributed by atoms with Crippen LogP contribution in [0.5, 0.6) is 0 Å². The number of carbonyl (C=O) groups excluding carboxylic acids is 4. The Balaban J connectivity index is 0.000000191. The highest BCUT2D eigenvalue weighted by Crippen LogP contribution is 2.43. The number of likely N-dealkylation sites (N-methyl/N-ethyl adjacent to an activating group) is 5. The Bertz CT molecular complexity index is 5120. The van der Waals surface area contributed by atoms with Crippen LogP contribution in [0.1, 0.15) is 130 Å². The molecule has 11 aliphatic heterocycles. The maximum Gasteiger partial charge on any atom is 0.598 e. The van der Waals surface area contributed by atoms with Gasteiger partial charge in [-0.05, 0) is 103 Å². The Hall–Kier alpha value is -5.86. The van der Waals surface area contributed by atoms with E-state index in [4.69, 9.17) is 88.2 Å². The number of hydrogen-bond acceptors (Lipinski definition) is 42. The van der Waals surface area contributed by atoms with Crippen LogP contribution >= 0.6 is 0 Å². The number of nitrogens with one attached hydrogen (secondary N) is 5. The summed E-state index contributed by atoms with van der Waals surface area (Å²) in [6.07, 6.45) is 9.78. The first-order valence-corrected chi connectivity index (χ1v) is 58.2. The van der Waals surface area contributed by atoms with Crippen molar-refractivity contribution in [2.45, 2.75) is 219 Å². The van der Waals surface area contributed by atoms with Crippen LogP contribution in [0.4, 0.5) is 0 Å². The fourth-order valence-corrected chi connectivity index (χ4v) is 29.6. The number of aliphatic carboxylic acids is 5. The highest BCUT2D eigenvalue weighted by molar-refractivity contribution is 7.88. The van der Waals surface area contributed by atoms with Crippen LogP contribution in [-0.2, 0) is 122 Å². The molecule has 14 aliphatic rings. The van der Waals surface area contributed by atoms with E-state index in [2.05, 4.69) is 26.6 Å². The molecular weight excluding hydrogens is 2070 g/mol. The van der Waals surface area contributed by atoms with Crippen molar-refractivity contribution in [1.29, 1.82) is 0 Å². The zero-order valence-electron chi connectivity index (χ0n) is 85.6. The Kier molecular flexibility index (Phi) is 44.4. The van der Waals surface area contributed by atoms with Crippen LogP contribution in [0.3, 0.4) is 0 Å². The molecule has 14 fully saturated rings. The average molecular weight is 2220 g/mol. The molecule has 848 valence electrons. The van der Waals surface area contributed by atoms with Gasteiger partial charge in [-0.15, -0.1) is 0 Å². The van der Waals surface area contributed by atoms with E-state index in [0.717, 1.165) is 64.5 Å². The maximum absolute atomic E-state index is 13.3. The largest absolute Gasteiger partial charge is 0.598 e. The summed E-state index contributed by atoms with van der Waals surface area (Å²) in [7, 11) is -23.1. The monoisotopic (exact) mass is 2220 g/mol. The summed E-state index contributed by atoms with van der Waals surface area (Å²) in [5.74, 6) is -11.1. The van der Waals surface area contributed by atoms with Crippen molar-refractivity contribution in [3.8, 4) is 0 Å². The zero-order chi connectivity index (χ0) is 110. The van der Waals surface area contributed by atoms with Crippen molar-refractivity contribution in [2.24, 2.45) is 75.6 Å². The molecule has 57 nitrogen and oxygen atoms in total. The Morgan fingerprint density at radius 2 is 0.664 bits per heavy atom. The van der Waals surface area contributed by atoms with E-state index in [1.807, 2.05) is 0 Å². The lowest BCUT2D eigenvalue weighted by molar-refractivity contribution is -0.147. The molecule has 10 atom stereocenters. The number of carboxylic acid groups (broad SMARTS) is 5. The maximum atomic E-state index is 13.3. The molecule has 149 heavy (non-hydrogen) atoms. The van der Waals surface area contributed by atoms with Gasteiger partial charge in [0.15, 0.2) is 0 Å². The second-order valence-corrected chi connectivity index (χ2v) is 51.3. The Labute approximate surface area is 873 Å². The molecule has 0 aromatic rings. The van der Waals surface area contributed by atoms with Crippen molar-refractivity contribution < 1.29 is 159 Å². The molecule has 14 rings (SSSR count). The minimum absolute atomic E-state index is 0.00535. The van der Waals surface area contributed by atoms with Gasteiger partial charge in [-0.3, -0.25) is 53.4 Å². The smallest absolute Gasteiger partial charge is 0.498 e. The highest BCUT2D eigenvalue weighted by Gasteiger charge is 2.61. The highest BCUT2D eigenvalue weighted by atomic mass is 32.2. The number of carboxylic acids is 5. The lowest BCUT2D eigenvalue weighted by Crippen LogP contribution is -2.61. The number of rotatable bonds is 48. The zero-order valence-corrected chi connectivity index (χ0v) is 89.7. The Morgan fingerprint density at radius 3 is 0.926 bits per heavy atom. The van der Waals surface area contributed by atoms with Crippen LogP contribution in [0, 0.1) is 35.5 Å². The van der Waals surface area contributed by atoms with E-state index in [-0.39, 0.29) is 188 Å². The van der Waals surface area contributed by atoms with E-state index in [9.17, 15) is 111 Å². The first-order chi connectivity index (χ1) is 69.7. The van der Waals surface area contributed by atoms with Gasteiger partial charge in [-0.2, -0.15) is 85.1 Å². The van der Waals surface area contributed by atoms with Gasteiger partial charge in [0.1, 0.15) is 27.7 Å². The van der Waals surface area contributed by atoms with Crippen LogP contribution in [0.25, 0.3) is 0 Å². The summed E-state index contributed by atoms with van der Waals surface area (Å²) in [5.41, 5.74) is 33.6. The molecule has 28 N–H and O–H groups in total. The van der Waals surface area contributed by atoms with Crippen LogP contribution < -0.4 is 66.7 Å². The number of nitrogens with zero attached hydrogens (tertiary/aromatic N) is 11. The predicted molar refractivity (Wildman–Crippen MR) is 541 cm³/mol. The molecule has 0 bridgehead atoms. The molecule has 0 aromatic carbocycles. The van der Waals surface area contributed by atoms with E-state index >= 15 is 0 Å². The molecule has 0 aromatic heterocycles. The van der Waals surface area contributed by atoms with Gasteiger partial charge in [0.25, 0.3) is 51.0 Å². The normalized spacial score (nSPS) is 28.8. The number of hydrogen-bond donors (Lipinski definition) is 21. The van der Waals surface area contributed by atoms with Gasteiger partial charge in [-0.1, -0.05) is 59.8 Å². The van der Waals surface area contributed by atoms with Crippen molar-refractivity contribution in [2.75, 3.05) is 210 Å². The molecule has 67 heteroatoms. The Morgan fingerprint density at radius 1 is 0.389 bits per heavy atom. The second kappa shape index (κ2) is 53.0. The summed E-state index contributed by atoms with van der Waals surface area (Å²) in [6.45, 7) is 13.2. The lowest BCUT2D eigenvalue weighted by atomic mass is 9.77. The van der Waals surface area contributed by atoms with Gasteiger partial charge in [-0.25, -0.2) is 0 Å². The standard InChI is InChI=1S/C18H32BN5O8S.C17H30BN5O8S.C17H34BN5O6S.C16H31BN4O6S.C14H29BN4O6S/c1-3-24(14-7-21-8-14)33(29,30)23-9-13(18(20,12-23)17(27)28)5-4-6-19-31-15(25)10-22(2)11-16(26)32-19;1-2-23(13-6-20-7-13)32(28,29)22-10-12(17(19,11-22)16(26)27)4-3-5-18-30-14(24)8-21-9-15(25)31-18;1-2-23(15-10-21-11-15)30(26,27)22-12-14(17(19,13-22)16(24)25)4-3-5-18-28-8-6-20-7-9-29-18;18-15(5-6-15)10-20(8-12-3-4-12)28(26,27)21-9-13(2-1-7-17(24)25)16(19,11-21)14(22)23;1-2-18(9-13(16)5-6-13)26(24,25)19-8-11(4-3-7-15(22)23)14(17,10-19)12(20)21/h13-14,21H,3-12,20H2,1-2H3,(H,27,28);12-13,20-21H,2-11,19H2,1H3,(H,26,27);14-15,20-21H,2-13,19H2,1H3,(H,24,25);12-13,24-25H,1-11,18-19H2,(H,22,23);11,22-23H,2-10,16-17H2,1H3,(H,20,21)/t13-,18-;12-,17-;14-,17-;13-,16-;11-,14-/m00000/s1. The number of carbonyl (C=O) groups is 9. The third-order valence-electron chi connectivity index (χ3n) is 30.4. The van der Waals surface area contributed by atoms with Gasteiger partial charge >= 0.3 is 89.3 Å². The fourth-order valence-electron chi connectivity index (χ4n) is 20.2. The van der Waals surface area contributed by atoms with Gasteiger partial charge in [0.2, 0.25) is 0 Å². The fraction of sp³-hybridized carbons (Fsp3) is 0.890. The molecule has 11 saturated heterocycles. The molecule has 0 unspecified atom stereocenters. The topological polar surface area (TPSA) is 840 Å².